The van der Waals surface area contributed by atoms with Gasteiger partial charge in [0.15, 0.2) is 0 Å². The van der Waals surface area contributed by atoms with Crippen LogP contribution in [0.4, 0.5) is 34.1 Å². The van der Waals surface area contributed by atoms with Gasteiger partial charge in [-0.15, -0.1) is 0 Å². The van der Waals surface area contributed by atoms with Crippen LogP contribution >= 0.6 is 0 Å². The van der Waals surface area contributed by atoms with Crippen LogP contribution in [0.25, 0.3) is 22.3 Å². The van der Waals surface area contributed by atoms with Crippen LogP contribution in [0.2, 0.25) is 0 Å². The fraction of sp³-hybridized carbons (Fsp3) is 0.158. The average Bonchev–Trinajstić information content (AvgIpc) is 3.64. The second kappa shape index (κ2) is 13.7. The van der Waals surface area contributed by atoms with Crippen LogP contribution in [0.5, 0.6) is 0 Å². The molecule has 10 rings (SSSR count). The lowest BCUT2D eigenvalue weighted by molar-refractivity contribution is 0.641. The highest BCUT2D eigenvalue weighted by Gasteiger charge is 2.37. The minimum atomic E-state index is -0.306. The van der Waals surface area contributed by atoms with Crippen molar-refractivity contribution in [1.29, 1.82) is 0 Å². The Bertz CT molecular complexity index is 2680. The fourth-order valence-electron chi connectivity index (χ4n) is 9.95. The van der Waals surface area contributed by atoms with Gasteiger partial charge in [0, 0.05) is 50.4 Å². The molecule has 0 atom stereocenters. The van der Waals surface area contributed by atoms with Crippen molar-refractivity contribution in [3.05, 3.63) is 228 Å². The largest absolute Gasteiger partial charge is 0.310 e. The zero-order chi connectivity index (χ0) is 40.5. The molecule has 0 amide bonds. The maximum absolute atomic E-state index is 2.46. The molecule has 0 saturated heterocycles. The van der Waals surface area contributed by atoms with Gasteiger partial charge in [0.25, 0.3) is 0 Å². The molecule has 0 radical (unpaired) electrons. The van der Waals surface area contributed by atoms with Crippen molar-refractivity contribution < 1.29 is 0 Å². The maximum atomic E-state index is 2.46. The summed E-state index contributed by atoms with van der Waals surface area (Å²) in [6.45, 7) is 14.2. The van der Waals surface area contributed by atoms with Crippen LogP contribution < -0.4 is 9.80 Å². The third-order valence-electron chi connectivity index (χ3n) is 13.3. The van der Waals surface area contributed by atoms with Gasteiger partial charge in [-0.25, -0.2) is 0 Å². The van der Waals surface area contributed by atoms with Crippen LogP contribution in [0.15, 0.2) is 194 Å². The third-order valence-corrected chi connectivity index (χ3v) is 13.3. The van der Waals surface area contributed by atoms with Crippen LogP contribution in [0, 0.1) is 0 Å². The molecule has 59 heavy (non-hydrogen) atoms. The van der Waals surface area contributed by atoms with Gasteiger partial charge < -0.3 is 9.80 Å². The Balaban J connectivity index is 1.21. The van der Waals surface area contributed by atoms with E-state index in [0.29, 0.717) is 0 Å². The molecular formula is C57H50N2. The highest BCUT2D eigenvalue weighted by Crippen LogP contribution is 2.53. The number of anilines is 6. The van der Waals surface area contributed by atoms with Gasteiger partial charge in [-0.3, -0.25) is 0 Å². The molecular weight excluding hydrogens is 713 g/mol. The summed E-state index contributed by atoms with van der Waals surface area (Å²) in [5.74, 6) is 0. The zero-order valence-corrected chi connectivity index (χ0v) is 34.9. The van der Waals surface area contributed by atoms with Gasteiger partial charge in [0.1, 0.15) is 0 Å². The molecule has 0 heterocycles. The Labute approximate surface area is 350 Å². The SMILES string of the molecule is CC(C)(c1ccccc1)c1cc(N(c2ccccc2)c2ccc3c(c2)C(C)(C)c2ccccc2-3)cc(N(c2ccccc2)c2ccc3c(c2)C(C)(C)c2ccccc2-3)c1. The minimum absolute atomic E-state index is 0.127. The second-order valence-electron chi connectivity index (χ2n) is 17.9. The van der Waals surface area contributed by atoms with Crippen LogP contribution in [-0.2, 0) is 16.2 Å². The van der Waals surface area contributed by atoms with Gasteiger partial charge >= 0.3 is 0 Å². The van der Waals surface area contributed by atoms with Crippen molar-refractivity contribution in [3.63, 3.8) is 0 Å². The smallest absolute Gasteiger partial charge is 0.0485 e. The van der Waals surface area contributed by atoms with E-state index in [0.717, 1.165) is 34.1 Å². The lowest BCUT2D eigenvalue weighted by Gasteiger charge is -2.34. The summed E-state index contributed by atoms with van der Waals surface area (Å²) in [4.78, 5) is 4.91. The van der Waals surface area contributed by atoms with Crippen LogP contribution in [-0.4, -0.2) is 0 Å². The van der Waals surface area contributed by atoms with Crippen molar-refractivity contribution in [2.45, 2.75) is 57.8 Å². The lowest BCUT2D eigenvalue weighted by atomic mass is 9.77. The summed E-state index contributed by atoms with van der Waals surface area (Å²) in [5.41, 5.74) is 19.4. The van der Waals surface area contributed by atoms with E-state index in [9.17, 15) is 0 Å². The molecule has 2 heteroatoms. The van der Waals surface area contributed by atoms with E-state index in [4.69, 9.17) is 0 Å². The Kier molecular flexibility index (Phi) is 8.54. The maximum Gasteiger partial charge on any atom is 0.0485 e. The third kappa shape index (κ3) is 5.92. The normalized spacial score (nSPS) is 14.2. The quantitative estimate of drug-likeness (QED) is 0.152. The predicted octanol–water partition coefficient (Wildman–Crippen LogP) is 15.6. The first-order valence-electron chi connectivity index (χ1n) is 20.9. The molecule has 0 aromatic heterocycles. The molecule has 0 fully saturated rings. The van der Waals surface area contributed by atoms with Gasteiger partial charge in [-0.05, 0) is 122 Å². The molecule has 288 valence electrons. The number of nitrogens with zero attached hydrogens (tertiary/aromatic N) is 2. The molecule has 8 aromatic carbocycles. The Hall–Kier alpha value is -6.64. The number of benzene rings is 8. The number of hydrogen-bond donors (Lipinski definition) is 0. The van der Waals surface area contributed by atoms with Gasteiger partial charge in [0.05, 0.1) is 0 Å². The minimum Gasteiger partial charge on any atom is -0.310 e. The monoisotopic (exact) mass is 762 g/mol. The summed E-state index contributed by atoms with van der Waals surface area (Å²) in [5, 5.41) is 0. The lowest BCUT2D eigenvalue weighted by Crippen LogP contribution is -2.22. The Morgan fingerprint density at radius 1 is 0.305 bits per heavy atom. The average molecular weight is 763 g/mol. The van der Waals surface area contributed by atoms with E-state index in [2.05, 4.69) is 245 Å². The summed E-state index contributed by atoms with van der Waals surface area (Å²) in [7, 11) is 0. The number of para-hydroxylation sites is 2. The first-order chi connectivity index (χ1) is 28.5. The highest BCUT2D eigenvalue weighted by molar-refractivity contribution is 5.89. The number of rotatable bonds is 8. The molecule has 2 nitrogen and oxygen atoms in total. The highest BCUT2D eigenvalue weighted by atomic mass is 15.2. The predicted molar refractivity (Wildman–Crippen MR) is 250 cm³/mol. The molecule has 2 aliphatic carbocycles. The molecule has 0 spiro atoms. The summed E-state index contributed by atoms with van der Waals surface area (Å²) in [6, 6.07) is 71.9. The van der Waals surface area contributed by atoms with Gasteiger partial charge in [0.2, 0.25) is 0 Å². The van der Waals surface area contributed by atoms with Gasteiger partial charge in [-0.2, -0.15) is 0 Å². The molecule has 8 aromatic rings. The first-order valence-corrected chi connectivity index (χ1v) is 20.9. The Morgan fingerprint density at radius 2 is 0.678 bits per heavy atom. The van der Waals surface area contributed by atoms with E-state index >= 15 is 0 Å². The van der Waals surface area contributed by atoms with Crippen molar-refractivity contribution in [2.75, 3.05) is 9.80 Å². The molecule has 2 aliphatic rings. The second-order valence-corrected chi connectivity index (χ2v) is 17.9. The standard InChI is InChI=1S/C57H50N2/c1-55(2,39-20-10-7-11-21-39)40-34-45(58(41-22-12-8-13-23-41)43-30-32-49-47-26-16-18-28-51(47)56(3,4)53(49)37-43)36-46(35-40)59(42-24-14-9-15-25-42)44-31-33-50-48-27-17-19-29-52(48)57(5,6)54(50)38-44/h7-38H,1-6H3. The summed E-state index contributed by atoms with van der Waals surface area (Å²) in [6.07, 6.45) is 0. The number of fused-ring (bicyclic) bond motifs is 6. The van der Waals surface area contributed by atoms with Crippen molar-refractivity contribution >= 4 is 34.1 Å². The molecule has 0 bridgehead atoms. The summed E-state index contributed by atoms with van der Waals surface area (Å²) >= 11 is 0. The van der Waals surface area contributed by atoms with Crippen LogP contribution in [0.1, 0.15) is 74.9 Å². The molecule has 0 N–H and O–H groups in total. The van der Waals surface area contributed by atoms with E-state index in [-0.39, 0.29) is 16.2 Å². The topological polar surface area (TPSA) is 6.48 Å². The van der Waals surface area contributed by atoms with Gasteiger partial charge in [-0.1, -0.05) is 169 Å². The Morgan fingerprint density at radius 3 is 1.12 bits per heavy atom. The zero-order valence-electron chi connectivity index (χ0n) is 34.9. The van der Waals surface area contributed by atoms with E-state index < -0.39 is 0 Å². The summed E-state index contributed by atoms with van der Waals surface area (Å²) < 4.78 is 0. The van der Waals surface area contributed by atoms with Crippen molar-refractivity contribution in [1.82, 2.24) is 0 Å². The van der Waals surface area contributed by atoms with Crippen molar-refractivity contribution in [2.24, 2.45) is 0 Å². The van der Waals surface area contributed by atoms with E-state index in [1.807, 2.05) is 0 Å². The fourth-order valence-corrected chi connectivity index (χ4v) is 9.95. The van der Waals surface area contributed by atoms with Crippen molar-refractivity contribution in [3.8, 4) is 22.3 Å². The first kappa shape index (κ1) is 36.7. The van der Waals surface area contributed by atoms with E-state index in [1.54, 1.807) is 0 Å². The molecule has 0 aliphatic heterocycles. The molecule has 0 saturated carbocycles. The van der Waals surface area contributed by atoms with E-state index in [1.165, 1.54) is 55.6 Å². The number of hydrogen-bond acceptors (Lipinski definition) is 2. The molecule has 0 unspecified atom stereocenters. The van der Waals surface area contributed by atoms with Crippen LogP contribution in [0.3, 0.4) is 0 Å².